The fourth-order valence-electron chi connectivity index (χ4n) is 6.84. The van der Waals surface area contributed by atoms with Crippen LogP contribution in [0.4, 0.5) is 0 Å². The number of allylic oxidation sites excluding steroid dienone is 4. The molecular formula is C22H27NO3. The Labute approximate surface area is 155 Å². The van der Waals surface area contributed by atoms with E-state index in [0.29, 0.717) is 18.3 Å². The van der Waals surface area contributed by atoms with E-state index in [1.54, 1.807) is 5.57 Å². The third-order valence-electron chi connectivity index (χ3n) is 7.98. The number of nitrogens with zero attached hydrogens (tertiary/aromatic N) is 1. The van der Waals surface area contributed by atoms with Crippen LogP contribution in [0.3, 0.4) is 0 Å². The van der Waals surface area contributed by atoms with E-state index >= 15 is 0 Å². The van der Waals surface area contributed by atoms with Gasteiger partial charge >= 0.3 is 5.97 Å². The molecule has 0 aromatic rings. The molecular weight excluding hydrogens is 326 g/mol. The first-order valence-electron chi connectivity index (χ1n) is 9.94. The van der Waals surface area contributed by atoms with Gasteiger partial charge in [0.05, 0.1) is 5.92 Å². The highest BCUT2D eigenvalue weighted by Gasteiger charge is 2.62. The Morgan fingerprint density at radius 1 is 1.35 bits per heavy atom. The third-order valence-corrected chi connectivity index (χ3v) is 7.98. The van der Waals surface area contributed by atoms with Crippen LogP contribution >= 0.6 is 0 Å². The van der Waals surface area contributed by atoms with Gasteiger partial charge in [0.25, 0.3) is 0 Å². The lowest BCUT2D eigenvalue weighted by Gasteiger charge is -2.56. The highest BCUT2D eigenvalue weighted by atomic mass is 16.5. The Kier molecular flexibility index (Phi) is 4.29. The van der Waals surface area contributed by atoms with Crippen LogP contribution in [0.2, 0.25) is 0 Å². The van der Waals surface area contributed by atoms with Crippen molar-refractivity contribution in [3.63, 3.8) is 0 Å². The van der Waals surface area contributed by atoms with Crippen LogP contribution in [0.15, 0.2) is 23.8 Å². The second kappa shape index (κ2) is 6.37. The minimum atomic E-state index is -0.580. The minimum Gasteiger partial charge on any atom is -0.450 e. The van der Waals surface area contributed by atoms with Crippen molar-refractivity contribution in [1.29, 1.82) is 5.26 Å². The Morgan fingerprint density at radius 2 is 2.19 bits per heavy atom. The molecule has 0 amide bonds. The Balaban J connectivity index is 1.63. The maximum absolute atomic E-state index is 12.5. The van der Waals surface area contributed by atoms with Crippen LogP contribution in [-0.4, -0.2) is 18.9 Å². The van der Waals surface area contributed by atoms with Gasteiger partial charge in [-0.3, -0.25) is 4.79 Å². The van der Waals surface area contributed by atoms with E-state index in [9.17, 15) is 9.59 Å². The summed E-state index contributed by atoms with van der Waals surface area (Å²) in [4.78, 5) is 24.8. The fraction of sp³-hybridized carbons (Fsp3) is 0.682. The topological polar surface area (TPSA) is 67.2 Å². The number of carbonyl (C=O) groups is 2. The lowest BCUT2D eigenvalue weighted by atomic mass is 9.47. The van der Waals surface area contributed by atoms with Crippen molar-refractivity contribution in [2.45, 2.75) is 51.9 Å². The zero-order valence-electron chi connectivity index (χ0n) is 15.4. The Bertz CT molecular complexity index is 717. The summed E-state index contributed by atoms with van der Waals surface area (Å²) in [6.07, 6.45) is 14.8. The van der Waals surface area contributed by atoms with Gasteiger partial charge in [-0.15, -0.1) is 0 Å². The van der Waals surface area contributed by atoms with Gasteiger partial charge in [0, 0.05) is 10.8 Å². The van der Waals surface area contributed by atoms with Crippen molar-refractivity contribution >= 4 is 12.3 Å². The second-order valence-corrected chi connectivity index (χ2v) is 8.73. The second-order valence-electron chi connectivity index (χ2n) is 8.73. The quantitative estimate of drug-likeness (QED) is 0.437. The number of esters is 1. The van der Waals surface area contributed by atoms with Gasteiger partial charge in [-0.05, 0) is 62.7 Å². The lowest BCUT2D eigenvalue weighted by molar-refractivity contribution is -0.157. The Morgan fingerprint density at radius 3 is 2.96 bits per heavy atom. The van der Waals surface area contributed by atoms with Gasteiger partial charge in [-0.2, -0.15) is 5.26 Å². The van der Waals surface area contributed by atoms with Gasteiger partial charge < -0.3 is 9.53 Å². The zero-order valence-corrected chi connectivity index (χ0v) is 15.4. The van der Waals surface area contributed by atoms with Gasteiger partial charge in [0.15, 0.2) is 6.61 Å². The number of hydrogen-bond donors (Lipinski definition) is 0. The van der Waals surface area contributed by atoms with Gasteiger partial charge in [-0.25, -0.2) is 0 Å². The molecule has 0 aliphatic heterocycles. The average Bonchev–Trinajstić information content (AvgIpc) is 3.05. The molecule has 0 spiro atoms. The first kappa shape index (κ1) is 17.5. The van der Waals surface area contributed by atoms with E-state index in [1.165, 1.54) is 0 Å². The molecule has 3 saturated carbocycles. The van der Waals surface area contributed by atoms with Crippen molar-refractivity contribution in [2.24, 2.45) is 34.5 Å². The monoisotopic (exact) mass is 353 g/mol. The molecule has 4 rings (SSSR count). The highest BCUT2D eigenvalue weighted by molar-refractivity contribution is 5.80. The lowest BCUT2D eigenvalue weighted by Crippen LogP contribution is -2.52. The van der Waals surface area contributed by atoms with Crippen molar-refractivity contribution in [3.05, 3.63) is 23.8 Å². The number of hydrogen-bond acceptors (Lipinski definition) is 4. The third kappa shape index (κ3) is 2.32. The predicted octanol–water partition coefficient (Wildman–Crippen LogP) is 3.98. The van der Waals surface area contributed by atoms with Gasteiger partial charge in [0.1, 0.15) is 12.4 Å². The molecule has 0 saturated heterocycles. The normalized spacial score (nSPS) is 43.3. The van der Waals surface area contributed by atoms with E-state index in [0.717, 1.165) is 44.8 Å². The van der Waals surface area contributed by atoms with Crippen LogP contribution in [0.5, 0.6) is 0 Å². The van der Waals surface area contributed by atoms with Crippen LogP contribution in [0.25, 0.3) is 0 Å². The molecule has 0 bridgehead atoms. The molecule has 4 heteroatoms. The van der Waals surface area contributed by atoms with E-state index in [4.69, 9.17) is 10.00 Å². The molecule has 0 aromatic heterocycles. The van der Waals surface area contributed by atoms with Gasteiger partial charge in [0.2, 0.25) is 0 Å². The molecule has 138 valence electrons. The summed E-state index contributed by atoms with van der Waals surface area (Å²) in [6.45, 7) is 2.14. The molecule has 0 radical (unpaired) electrons. The van der Waals surface area contributed by atoms with Crippen LogP contribution in [0.1, 0.15) is 51.9 Å². The Hall–Kier alpha value is -1.89. The smallest absolute Gasteiger partial charge is 0.310 e. The molecule has 0 aromatic carbocycles. The van der Waals surface area contributed by atoms with Crippen molar-refractivity contribution in [1.82, 2.24) is 0 Å². The number of ether oxygens (including phenoxy) is 1. The van der Waals surface area contributed by atoms with Crippen LogP contribution in [-0.2, 0) is 14.3 Å². The maximum atomic E-state index is 12.5. The summed E-state index contributed by atoms with van der Waals surface area (Å²) in [5.74, 6) is 0.608. The number of nitriles is 1. The summed E-state index contributed by atoms with van der Waals surface area (Å²) in [7, 11) is 0. The summed E-state index contributed by atoms with van der Waals surface area (Å²) < 4.78 is 5.11. The summed E-state index contributed by atoms with van der Waals surface area (Å²) in [6, 6.07) is 1.86. The number of carbonyl (C=O) groups excluding carboxylic acids is 2. The van der Waals surface area contributed by atoms with E-state index in [2.05, 4.69) is 25.2 Å². The zero-order chi connectivity index (χ0) is 18.4. The molecule has 1 unspecified atom stereocenters. The average molecular weight is 353 g/mol. The van der Waals surface area contributed by atoms with E-state index < -0.39 is 5.41 Å². The molecule has 4 aliphatic carbocycles. The summed E-state index contributed by atoms with van der Waals surface area (Å²) in [5.41, 5.74) is 1.11. The minimum absolute atomic E-state index is 0.121. The molecule has 4 aliphatic rings. The van der Waals surface area contributed by atoms with Gasteiger partial charge in [-0.1, -0.05) is 30.7 Å². The first-order chi connectivity index (χ1) is 12.6. The van der Waals surface area contributed by atoms with Crippen molar-refractivity contribution in [2.75, 3.05) is 6.61 Å². The standard InChI is InChI=1S/C22H27NO3/c1-21-10-3-2-4-15(21)5-6-16-17(21)9-11-22(14-24)18(16)7-8-19(22)20(25)26-13-12-23/h3-4,10,14,16-19H,2,5-9,11,13H2,1H3/t16-,17+,18+,19?,21+,22-/m1/s1. The molecule has 0 heterocycles. The molecule has 6 atom stereocenters. The molecule has 0 N–H and O–H groups in total. The number of fused-ring (bicyclic) bond motifs is 5. The SMILES string of the molecule is C[C@]12C=CCC=C1CC[C@@H]1[C@@H]2CC[C@]2(C=O)C(C(=O)OCC#N)CC[C@@H]12. The number of rotatable bonds is 3. The first-order valence-corrected chi connectivity index (χ1v) is 9.94. The molecule has 26 heavy (non-hydrogen) atoms. The summed E-state index contributed by atoms with van der Waals surface area (Å²) in [5, 5.41) is 8.70. The maximum Gasteiger partial charge on any atom is 0.310 e. The van der Waals surface area contributed by atoms with Crippen molar-refractivity contribution in [3.8, 4) is 6.07 Å². The largest absolute Gasteiger partial charge is 0.450 e. The van der Waals surface area contributed by atoms with Crippen LogP contribution < -0.4 is 0 Å². The predicted molar refractivity (Wildman–Crippen MR) is 96.7 cm³/mol. The molecule has 3 fully saturated rings. The molecule has 4 nitrogen and oxygen atoms in total. The highest BCUT2D eigenvalue weighted by Crippen LogP contribution is 2.65. The van der Waals surface area contributed by atoms with Crippen molar-refractivity contribution < 1.29 is 14.3 Å². The summed E-state index contributed by atoms with van der Waals surface area (Å²) >= 11 is 0. The van der Waals surface area contributed by atoms with E-state index in [1.807, 2.05) is 6.07 Å². The fourth-order valence-corrected chi connectivity index (χ4v) is 6.84. The number of aldehydes is 1. The van der Waals surface area contributed by atoms with Crippen LogP contribution in [0, 0.1) is 45.8 Å². The van der Waals surface area contributed by atoms with E-state index in [-0.39, 0.29) is 29.8 Å².